The van der Waals surface area contributed by atoms with Crippen LogP contribution in [0.25, 0.3) is 0 Å². The summed E-state index contributed by atoms with van der Waals surface area (Å²) < 4.78 is 0. The van der Waals surface area contributed by atoms with E-state index in [4.69, 9.17) is 0 Å². The van der Waals surface area contributed by atoms with E-state index in [2.05, 4.69) is 21.6 Å². The molecular weight excluding hydrogens is 108 g/mol. The Morgan fingerprint density at radius 1 is 1.75 bits per heavy atom. The van der Waals surface area contributed by atoms with Crippen molar-refractivity contribution >= 4 is 11.6 Å². The van der Waals surface area contributed by atoms with Gasteiger partial charge in [-0.2, -0.15) is 0 Å². The van der Waals surface area contributed by atoms with Crippen molar-refractivity contribution in [1.29, 1.82) is 0 Å². The number of carbonyl (C=O) groups excluding carboxylic acids is 1. The summed E-state index contributed by atoms with van der Waals surface area (Å²) in [6.07, 6.45) is 0. The maximum Gasteiger partial charge on any atom is 0.206 e. The van der Waals surface area contributed by atoms with Gasteiger partial charge < -0.3 is 0 Å². The molecule has 8 heavy (non-hydrogen) atoms. The first-order valence-corrected chi connectivity index (χ1v) is 2.15. The molecule has 0 aromatic carbocycles. The van der Waals surface area contributed by atoms with Gasteiger partial charge in [-0.15, -0.1) is 10.6 Å². The fourth-order valence-electron chi connectivity index (χ4n) is 0.366. The average molecular weight is 114 g/mol. The molecular formula is C3H6N4O. The monoisotopic (exact) mass is 114 g/mol. The molecule has 1 aliphatic heterocycles. The molecule has 0 bridgehead atoms. The third kappa shape index (κ3) is 0.760. The van der Waals surface area contributed by atoms with Gasteiger partial charge in [-0.1, -0.05) is 0 Å². The lowest BCUT2D eigenvalue weighted by atomic mass is 10.4. The van der Waals surface area contributed by atoms with E-state index in [1.165, 1.54) is 6.92 Å². The van der Waals surface area contributed by atoms with Crippen molar-refractivity contribution in [2.75, 3.05) is 0 Å². The number of carbonyl (C=O) groups is 1. The standard InChI is InChI=1S/C3H6N4O/c1-2(8)3-4-6-7-5-3/h6-7H,1H3,(H,4,5). The SMILES string of the molecule is CC(=O)C1=NNNN1. The predicted octanol–water partition coefficient (Wildman–Crippen LogP) is -1.50. The fourth-order valence-corrected chi connectivity index (χ4v) is 0.366. The van der Waals surface area contributed by atoms with E-state index < -0.39 is 0 Å². The molecule has 0 unspecified atom stereocenters. The highest BCUT2D eigenvalue weighted by molar-refractivity contribution is 6.37. The Morgan fingerprint density at radius 2 is 2.50 bits per heavy atom. The van der Waals surface area contributed by atoms with Crippen LogP contribution in [-0.4, -0.2) is 11.6 Å². The third-order valence-electron chi connectivity index (χ3n) is 0.738. The smallest absolute Gasteiger partial charge is 0.206 e. The number of hydrogen-bond acceptors (Lipinski definition) is 5. The van der Waals surface area contributed by atoms with Gasteiger partial charge in [0.15, 0.2) is 5.78 Å². The predicted molar refractivity (Wildman–Crippen MR) is 27.5 cm³/mol. The third-order valence-corrected chi connectivity index (χ3v) is 0.738. The van der Waals surface area contributed by atoms with Crippen LogP contribution in [0.15, 0.2) is 5.10 Å². The number of nitrogens with one attached hydrogen (secondary N) is 3. The second-order valence-electron chi connectivity index (χ2n) is 1.38. The number of hydrazone groups is 1. The number of nitrogens with zero attached hydrogens (tertiary/aromatic N) is 1. The Kier molecular flexibility index (Phi) is 1.13. The van der Waals surface area contributed by atoms with Crippen molar-refractivity contribution in [1.82, 2.24) is 16.5 Å². The summed E-state index contributed by atoms with van der Waals surface area (Å²) in [4.78, 5) is 10.4. The summed E-state index contributed by atoms with van der Waals surface area (Å²) in [5, 5.41) is 3.53. The number of Topliss-reactive ketones (excluding diaryl/α,β-unsaturated/α-hetero) is 1. The fraction of sp³-hybridized carbons (Fsp3) is 0.333. The summed E-state index contributed by atoms with van der Waals surface area (Å²) in [5.41, 5.74) is 7.28. The minimum Gasteiger partial charge on any atom is -0.291 e. The lowest BCUT2D eigenvalue weighted by Gasteiger charge is -1.90. The molecule has 0 fully saturated rings. The highest BCUT2D eigenvalue weighted by Crippen LogP contribution is 1.75. The van der Waals surface area contributed by atoms with Crippen molar-refractivity contribution in [3.05, 3.63) is 0 Å². The van der Waals surface area contributed by atoms with Crippen LogP contribution in [0.3, 0.4) is 0 Å². The Hall–Kier alpha value is -1.10. The number of rotatable bonds is 1. The first-order valence-electron chi connectivity index (χ1n) is 2.15. The maximum absolute atomic E-state index is 10.4. The van der Waals surface area contributed by atoms with Crippen LogP contribution in [0, 0.1) is 0 Å². The van der Waals surface area contributed by atoms with Crippen LogP contribution in [0.4, 0.5) is 0 Å². The molecule has 1 rings (SSSR count). The first-order chi connectivity index (χ1) is 3.80. The lowest BCUT2D eigenvalue weighted by Crippen LogP contribution is -2.37. The summed E-state index contributed by atoms with van der Waals surface area (Å²) in [7, 11) is 0. The number of hydrogen-bond donors (Lipinski definition) is 3. The zero-order valence-corrected chi connectivity index (χ0v) is 4.36. The first kappa shape index (κ1) is 5.04. The zero-order valence-electron chi connectivity index (χ0n) is 4.36. The minimum absolute atomic E-state index is 0.0949. The largest absolute Gasteiger partial charge is 0.291 e. The summed E-state index contributed by atoms with van der Waals surface area (Å²) >= 11 is 0. The molecule has 1 heterocycles. The normalized spacial score (nSPS) is 16.4. The molecule has 0 spiro atoms. The van der Waals surface area contributed by atoms with Crippen LogP contribution in [0.2, 0.25) is 0 Å². The van der Waals surface area contributed by atoms with Crippen molar-refractivity contribution in [3.63, 3.8) is 0 Å². The van der Waals surface area contributed by atoms with Crippen LogP contribution in [0.1, 0.15) is 6.92 Å². The van der Waals surface area contributed by atoms with Crippen LogP contribution in [0.5, 0.6) is 0 Å². The molecule has 5 nitrogen and oxygen atoms in total. The molecule has 0 radical (unpaired) electrons. The second-order valence-corrected chi connectivity index (χ2v) is 1.38. The second kappa shape index (κ2) is 1.79. The molecule has 0 aromatic heterocycles. The molecule has 0 atom stereocenters. The molecule has 3 N–H and O–H groups in total. The molecule has 0 saturated carbocycles. The van der Waals surface area contributed by atoms with E-state index >= 15 is 0 Å². The molecule has 44 valence electrons. The van der Waals surface area contributed by atoms with Gasteiger partial charge in [0, 0.05) is 6.92 Å². The quantitative estimate of drug-likeness (QED) is 0.388. The zero-order chi connectivity index (χ0) is 5.98. The van der Waals surface area contributed by atoms with Crippen molar-refractivity contribution in [2.24, 2.45) is 5.10 Å². The Balaban J connectivity index is 2.57. The van der Waals surface area contributed by atoms with Gasteiger partial charge in [0.2, 0.25) is 5.84 Å². The van der Waals surface area contributed by atoms with Gasteiger partial charge in [-0.05, 0) is 0 Å². The van der Waals surface area contributed by atoms with E-state index in [0.717, 1.165) is 0 Å². The van der Waals surface area contributed by atoms with Gasteiger partial charge >= 0.3 is 0 Å². The topological polar surface area (TPSA) is 65.5 Å². The average Bonchev–Trinajstić information content (AvgIpc) is 2.12. The summed E-state index contributed by atoms with van der Waals surface area (Å²) in [5.74, 6) is 0.215. The molecule has 5 heteroatoms. The molecule has 0 aliphatic carbocycles. The number of amidine groups is 1. The summed E-state index contributed by atoms with van der Waals surface area (Å²) in [6, 6.07) is 0. The Bertz CT molecular complexity index is 140. The van der Waals surface area contributed by atoms with Gasteiger partial charge in [-0.25, -0.2) is 5.53 Å². The lowest BCUT2D eigenvalue weighted by molar-refractivity contribution is -0.111. The van der Waals surface area contributed by atoms with Crippen molar-refractivity contribution < 1.29 is 4.79 Å². The van der Waals surface area contributed by atoms with Crippen LogP contribution >= 0.6 is 0 Å². The van der Waals surface area contributed by atoms with Gasteiger partial charge in [-0.3, -0.25) is 10.2 Å². The number of hydrazine groups is 2. The van der Waals surface area contributed by atoms with Gasteiger partial charge in [0.1, 0.15) is 0 Å². The van der Waals surface area contributed by atoms with Crippen LogP contribution in [-0.2, 0) is 4.79 Å². The maximum atomic E-state index is 10.4. The molecule has 0 aromatic rings. The Labute approximate surface area is 46.1 Å². The number of ketones is 1. The van der Waals surface area contributed by atoms with Gasteiger partial charge in [0.25, 0.3) is 0 Å². The summed E-state index contributed by atoms with van der Waals surface area (Å²) in [6.45, 7) is 1.43. The van der Waals surface area contributed by atoms with Crippen molar-refractivity contribution in [2.45, 2.75) is 6.92 Å². The Morgan fingerprint density at radius 3 is 2.75 bits per heavy atom. The van der Waals surface area contributed by atoms with E-state index in [0.29, 0.717) is 5.84 Å². The van der Waals surface area contributed by atoms with Gasteiger partial charge in [0.05, 0.1) is 0 Å². The minimum atomic E-state index is -0.0949. The van der Waals surface area contributed by atoms with E-state index in [1.54, 1.807) is 0 Å². The molecule has 1 aliphatic rings. The van der Waals surface area contributed by atoms with E-state index in [-0.39, 0.29) is 5.78 Å². The highest BCUT2D eigenvalue weighted by Gasteiger charge is 2.07. The van der Waals surface area contributed by atoms with Crippen molar-refractivity contribution in [3.8, 4) is 0 Å². The highest BCUT2D eigenvalue weighted by atomic mass is 16.1. The van der Waals surface area contributed by atoms with Crippen LogP contribution < -0.4 is 16.5 Å². The van der Waals surface area contributed by atoms with E-state index in [9.17, 15) is 4.79 Å². The van der Waals surface area contributed by atoms with E-state index in [1.807, 2.05) is 0 Å². The molecule has 0 amide bonds. The molecule has 0 saturated heterocycles.